The van der Waals surface area contributed by atoms with Gasteiger partial charge in [0.05, 0.1) is 5.75 Å². The Balaban J connectivity index is 1.89. The van der Waals surface area contributed by atoms with Crippen molar-refractivity contribution >= 4 is 34.8 Å². The molecule has 0 bridgehead atoms. The van der Waals surface area contributed by atoms with Crippen molar-refractivity contribution in [3.05, 3.63) is 71.3 Å². The molecule has 2 N–H and O–H groups in total. The Morgan fingerprint density at radius 2 is 1.75 bits per heavy atom. The summed E-state index contributed by atoms with van der Waals surface area (Å²) in [5.74, 6) is 1.40. The van der Waals surface area contributed by atoms with Gasteiger partial charge in [-0.25, -0.2) is 0 Å². The molecule has 0 atom stereocenters. The maximum atomic E-state index is 11.9. The molecule has 0 heterocycles. The van der Waals surface area contributed by atoms with Crippen LogP contribution in [-0.4, -0.2) is 16.5 Å². The fourth-order valence-electron chi connectivity index (χ4n) is 1.78. The van der Waals surface area contributed by atoms with Gasteiger partial charge in [-0.2, -0.15) is 0 Å². The van der Waals surface area contributed by atoms with E-state index in [4.69, 9.17) is 18.0 Å². The van der Waals surface area contributed by atoms with E-state index in [0.29, 0.717) is 10.7 Å². The predicted molar refractivity (Wildman–Crippen MR) is 89.3 cm³/mol. The highest BCUT2D eigenvalue weighted by Gasteiger charge is 2.05. The molecule has 4 heteroatoms. The summed E-state index contributed by atoms with van der Waals surface area (Å²) in [4.78, 5) is 12.3. The molecule has 2 nitrogen and oxygen atoms in total. The summed E-state index contributed by atoms with van der Waals surface area (Å²) in [6.45, 7) is 0. The van der Waals surface area contributed by atoms with Gasteiger partial charge in [0, 0.05) is 16.9 Å². The average molecular weight is 301 g/mol. The van der Waals surface area contributed by atoms with E-state index in [1.54, 1.807) is 11.8 Å². The largest absolute Gasteiger partial charge is 0.389 e. The second-order valence-corrected chi connectivity index (χ2v) is 5.77. The van der Waals surface area contributed by atoms with Gasteiger partial charge in [-0.1, -0.05) is 60.7 Å². The Labute approximate surface area is 128 Å². The molecule has 0 saturated carbocycles. The average Bonchev–Trinajstić information content (AvgIpc) is 2.48. The van der Waals surface area contributed by atoms with Gasteiger partial charge in [-0.3, -0.25) is 4.79 Å². The van der Waals surface area contributed by atoms with Gasteiger partial charge in [-0.15, -0.1) is 11.8 Å². The molecular weight excluding hydrogens is 286 g/mol. The normalized spacial score (nSPS) is 10.2. The SMILES string of the molecule is NC(=S)c1cccc(CSCC(=O)c2ccccc2)c1. The topological polar surface area (TPSA) is 43.1 Å². The molecule has 0 aliphatic rings. The molecule has 0 saturated heterocycles. The summed E-state index contributed by atoms with van der Waals surface area (Å²) in [7, 11) is 0. The van der Waals surface area contributed by atoms with Gasteiger partial charge >= 0.3 is 0 Å². The van der Waals surface area contributed by atoms with E-state index < -0.39 is 0 Å². The van der Waals surface area contributed by atoms with Crippen LogP contribution in [-0.2, 0) is 5.75 Å². The Morgan fingerprint density at radius 1 is 1.05 bits per heavy atom. The summed E-state index contributed by atoms with van der Waals surface area (Å²) in [5, 5.41) is 0. The van der Waals surface area contributed by atoms with E-state index >= 15 is 0 Å². The first-order valence-corrected chi connectivity index (χ1v) is 7.78. The molecule has 0 radical (unpaired) electrons. The summed E-state index contributed by atoms with van der Waals surface area (Å²) in [6, 6.07) is 17.2. The molecule has 0 aromatic heterocycles. The lowest BCUT2D eigenvalue weighted by atomic mass is 10.1. The van der Waals surface area contributed by atoms with Gasteiger partial charge in [0.15, 0.2) is 5.78 Å². The van der Waals surface area contributed by atoms with Crippen LogP contribution in [0.4, 0.5) is 0 Å². The van der Waals surface area contributed by atoms with Crippen LogP contribution in [0, 0.1) is 0 Å². The van der Waals surface area contributed by atoms with Crippen LogP contribution in [0.3, 0.4) is 0 Å². The fraction of sp³-hybridized carbons (Fsp3) is 0.125. The van der Waals surface area contributed by atoms with E-state index in [9.17, 15) is 4.79 Å². The van der Waals surface area contributed by atoms with E-state index in [1.807, 2.05) is 54.6 Å². The summed E-state index contributed by atoms with van der Waals surface area (Å²) in [6.07, 6.45) is 0. The highest BCUT2D eigenvalue weighted by molar-refractivity contribution is 7.99. The second-order valence-electron chi connectivity index (χ2n) is 4.35. The molecule has 102 valence electrons. The van der Waals surface area contributed by atoms with Crippen molar-refractivity contribution in [2.24, 2.45) is 5.73 Å². The number of carbonyl (C=O) groups excluding carboxylic acids is 1. The minimum Gasteiger partial charge on any atom is -0.389 e. The Bertz CT molecular complexity index is 611. The minimum atomic E-state index is 0.154. The Kier molecular flexibility index (Phi) is 5.32. The Morgan fingerprint density at radius 3 is 2.45 bits per heavy atom. The summed E-state index contributed by atoms with van der Waals surface area (Å²) in [5.41, 5.74) is 8.36. The van der Waals surface area contributed by atoms with Crippen LogP contribution in [0.5, 0.6) is 0 Å². The van der Waals surface area contributed by atoms with Crippen LogP contribution in [0.2, 0.25) is 0 Å². The van der Waals surface area contributed by atoms with Gasteiger partial charge in [-0.05, 0) is 11.6 Å². The van der Waals surface area contributed by atoms with Crippen LogP contribution in [0.1, 0.15) is 21.5 Å². The maximum absolute atomic E-state index is 11.9. The third kappa shape index (κ3) is 4.18. The number of hydrogen-bond donors (Lipinski definition) is 1. The molecule has 20 heavy (non-hydrogen) atoms. The molecule has 0 amide bonds. The monoisotopic (exact) mass is 301 g/mol. The number of hydrogen-bond acceptors (Lipinski definition) is 3. The quantitative estimate of drug-likeness (QED) is 0.655. The van der Waals surface area contributed by atoms with Gasteiger partial charge in [0.2, 0.25) is 0 Å². The first kappa shape index (κ1) is 14.8. The van der Waals surface area contributed by atoms with Crippen LogP contribution >= 0.6 is 24.0 Å². The standard InChI is InChI=1S/C16H15NOS2/c17-16(19)14-8-4-5-12(9-14)10-20-11-15(18)13-6-2-1-3-7-13/h1-9H,10-11H2,(H2,17,19). The number of ketones is 1. The maximum Gasteiger partial charge on any atom is 0.172 e. The highest BCUT2D eigenvalue weighted by Crippen LogP contribution is 2.15. The number of Topliss-reactive ketones (excluding diaryl/α,β-unsaturated/α-hetero) is 1. The van der Waals surface area contributed by atoms with Crippen LogP contribution in [0.15, 0.2) is 54.6 Å². The number of benzene rings is 2. The molecular formula is C16H15NOS2. The molecule has 0 fully saturated rings. The zero-order valence-corrected chi connectivity index (χ0v) is 12.5. The second kappa shape index (κ2) is 7.22. The Hall–Kier alpha value is -1.65. The van der Waals surface area contributed by atoms with Crippen molar-refractivity contribution in [2.45, 2.75) is 5.75 Å². The third-order valence-corrected chi connectivity index (χ3v) is 4.05. The highest BCUT2D eigenvalue weighted by atomic mass is 32.2. The fourth-order valence-corrected chi connectivity index (χ4v) is 2.78. The molecule has 2 rings (SSSR count). The predicted octanol–water partition coefficient (Wildman–Crippen LogP) is 3.44. The number of thioether (sulfide) groups is 1. The van der Waals surface area contributed by atoms with Crippen molar-refractivity contribution in [1.82, 2.24) is 0 Å². The number of nitrogens with two attached hydrogens (primary N) is 1. The number of rotatable bonds is 6. The van der Waals surface area contributed by atoms with Crippen molar-refractivity contribution in [1.29, 1.82) is 0 Å². The van der Waals surface area contributed by atoms with Gasteiger partial charge < -0.3 is 5.73 Å². The van der Waals surface area contributed by atoms with E-state index in [1.165, 1.54) is 0 Å². The first-order chi connectivity index (χ1) is 9.66. The molecule has 0 spiro atoms. The lowest BCUT2D eigenvalue weighted by Crippen LogP contribution is -2.09. The van der Waals surface area contributed by atoms with Crippen molar-refractivity contribution in [3.8, 4) is 0 Å². The molecule has 0 unspecified atom stereocenters. The lowest BCUT2D eigenvalue weighted by molar-refractivity contribution is 0.102. The minimum absolute atomic E-state index is 0.154. The van der Waals surface area contributed by atoms with Crippen molar-refractivity contribution in [3.63, 3.8) is 0 Å². The molecule has 0 aliphatic carbocycles. The zero-order valence-electron chi connectivity index (χ0n) is 10.9. The number of thiocarbonyl (C=S) groups is 1. The zero-order chi connectivity index (χ0) is 14.4. The summed E-state index contributed by atoms with van der Waals surface area (Å²) >= 11 is 6.55. The van der Waals surface area contributed by atoms with Crippen LogP contribution in [0.25, 0.3) is 0 Å². The van der Waals surface area contributed by atoms with Crippen molar-refractivity contribution in [2.75, 3.05) is 5.75 Å². The van der Waals surface area contributed by atoms with E-state index in [2.05, 4.69) is 0 Å². The lowest BCUT2D eigenvalue weighted by Gasteiger charge is -2.04. The molecule has 0 aliphatic heterocycles. The van der Waals surface area contributed by atoms with E-state index in [0.717, 1.165) is 22.4 Å². The number of carbonyl (C=O) groups is 1. The smallest absolute Gasteiger partial charge is 0.172 e. The molecule has 2 aromatic rings. The molecule has 2 aromatic carbocycles. The van der Waals surface area contributed by atoms with Crippen molar-refractivity contribution < 1.29 is 4.79 Å². The summed E-state index contributed by atoms with van der Waals surface area (Å²) < 4.78 is 0. The van der Waals surface area contributed by atoms with Crippen LogP contribution < -0.4 is 5.73 Å². The van der Waals surface area contributed by atoms with Gasteiger partial charge in [0.1, 0.15) is 4.99 Å². The van der Waals surface area contributed by atoms with Gasteiger partial charge in [0.25, 0.3) is 0 Å². The first-order valence-electron chi connectivity index (χ1n) is 6.21. The van der Waals surface area contributed by atoms with E-state index in [-0.39, 0.29) is 5.78 Å². The third-order valence-electron chi connectivity index (χ3n) is 2.81.